The van der Waals surface area contributed by atoms with Gasteiger partial charge in [-0.2, -0.15) is 4.37 Å². The zero-order valence-corrected chi connectivity index (χ0v) is 6.91. The molecule has 0 aliphatic rings. The van der Waals surface area contributed by atoms with E-state index in [-0.39, 0.29) is 6.79 Å². The van der Waals surface area contributed by atoms with Gasteiger partial charge in [-0.05, 0) is 11.5 Å². The molecular weight excluding hydrogens is 174 g/mol. The molecule has 1 heterocycles. The number of rotatable bonds is 3. The zero-order chi connectivity index (χ0) is 7.40. The number of hydrogen-bond acceptors (Lipinski definition) is 4. The second-order valence-electron chi connectivity index (χ2n) is 1.52. The molecule has 0 aliphatic carbocycles. The van der Waals surface area contributed by atoms with Gasteiger partial charge in [0.2, 0.25) is 5.88 Å². The first-order valence-corrected chi connectivity index (χ1v) is 3.72. The van der Waals surface area contributed by atoms with Crippen molar-refractivity contribution in [1.82, 2.24) is 4.37 Å². The summed E-state index contributed by atoms with van der Waals surface area (Å²) < 4.78 is 14.1. The Morgan fingerprint density at radius 2 is 2.60 bits per heavy atom. The fraction of sp³-hybridized carbons (Fsp3) is 0.400. The Morgan fingerprint density at radius 3 is 3.10 bits per heavy atom. The number of ether oxygens (including phenoxy) is 2. The monoisotopic (exact) mass is 179 g/mol. The Balaban J connectivity index is 2.42. The van der Waals surface area contributed by atoms with Gasteiger partial charge < -0.3 is 9.47 Å². The van der Waals surface area contributed by atoms with Crippen molar-refractivity contribution in [3.8, 4) is 5.88 Å². The quantitative estimate of drug-likeness (QED) is 0.663. The van der Waals surface area contributed by atoms with Crippen LogP contribution in [0.25, 0.3) is 0 Å². The van der Waals surface area contributed by atoms with E-state index in [2.05, 4.69) is 9.11 Å². The second-order valence-corrected chi connectivity index (χ2v) is 2.96. The van der Waals surface area contributed by atoms with E-state index in [4.69, 9.17) is 16.3 Å². The fourth-order valence-corrected chi connectivity index (χ4v) is 1.06. The van der Waals surface area contributed by atoms with Gasteiger partial charge >= 0.3 is 0 Å². The lowest BCUT2D eigenvalue weighted by atomic mass is 10.7. The van der Waals surface area contributed by atoms with Crippen molar-refractivity contribution in [3.05, 3.63) is 10.4 Å². The minimum absolute atomic E-state index is 0.208. The SMILES string of the molecule is COCOc1cc(Cl)sn1. The van der Waals surface area contributed by atoms with Crippen LogP contribution in [-0.2, 0) is 4.74 Å². The zero-order valence-electron chi connectivity index (χ0n) is 5.33. The third kappa shape index (κ3) is 2.13. The lowest BCUT2D eigenvalue weighted by molar-refractivity contribution is 0.0486. The largest absolute Gasteiger partial charge is 0.450 e. The van der Waals surface area contributed by atoms with Crippen molar-refractivity contribution >= 4 is 23.1 Å². The van der Waals surface area contributed by atoms with Crippen LogP contribution in [0.4, 0.5) is 0 Å². The van der Waals surface area contributed by atoms with Crippen molar-refractivity contribution in [3.63, 3.8) is 0 Å². The molecule has 0 saturated heterocycles. The van der Waals surface area contributed by atoms with E-state index in [1.165, 1.54) is 11.5 Å². The van der Waals surface area contributed by atoms with Gasteiger partial charge in [-0.3, -0.25) is 0 Å². The Bertz CT molecular complexity index is 203. The Kier molecular flexibility index (Phi) is 2.92. The normalized spacial score (nSPS) is 9.80. The molecule has 0 amide bonds. The smallest absolute Gasteiger partial charge is 0.228 e. The molecule has 0 aliphatic heterocycles. The number of hydrogen-bond donors (Lipinski definition) is 0. The molecule has 1 aromatic heterocycles. The van der Waals surface area contributed by atoms with Gasteiger partial charge in [-0.25, -0.2) is 0 Å². The van der Waals surface area contributed by atoms with E-state index in [1.807, 2.05) is 0 Å². The van der Waals surface area contributed by atoms with Gasteiger partial charge in [-0.1, -0.05) is 11.6 Å². The topological polar surface area (TPSA) is 31.4 Å². The van der Waals surface area contributed by atoms with Gasteiger partial charge in [-0.15, -0.1) is 0 Å². The highest BCUT2D eigenvalue weighted by Crippen LogP contribution is 2.20. The number of aromatic nitrogens is 1. The van der Waals surface area contributed by atoms with E-state index in [0.29, 0.717) is 10.2 Å². The maximum atomic E-state index is 5.57. The summed E-state index contributed by atoms with van der Waals surface area (Å²) >= 11 is 6.76. The minimum atomic E-state index is 0.208. The van der Waals surface area contributed by atoms with Gasteiger partial charge in [0, 0.05) is 13.2 Å². The first kappa shape index (κ1) is 7.78. The fourth-order valence-electron chi connectivity index (χ4n) is 0.426. The molecule has 1 rings (SSSR count). The van der Waals surface area contributed by atoms with E-state index in [0.717, 1.165) is 0 Å². The van der Waals surface area contributed by atoms with Crippen LogP contribution in [0, 0.1) is 0 Å². The summed E-state index contributed by atoms with van der Waals surface area (Å²) in [5, 5.41) is 0. The molecular formula is C5H6ClNO2S. The lowest BCUT2D eigenvalue weighted by Crippen LogP contribution is -1.98. The van der Waals surface area contributed by atoms with Crippen LogP contribution in [0.1, 0.15) is 0 Å². The molecule has 1 aromatic rings. The van der Waals surface area contributed by atoms with Crippen LogP contribution in [0.5, 0.6) is 5.88 Å². The average Bonchev–Trinajstić information content (AvgIpc) is 2.31. The van der Waals surface area contributed by atoms with Gasteiger partial charge in [0.15, 0.2) is 6.79 Å². The Morgan fingerprint density at radius 1 is 1.80 bits per heavy atom. The third-order valence-corrected chi connectivity index (χ3v) is 1.66. The summed E-state index contributed by atoms with van der Waals surface area (Å²) in [6, 6.07) is 1.64. The van der Waals surface area contributed by atoms with Crippen LogP contribution in [-0.4, -0.2) is 18.3 Å². The van der Waals surface area contributed by atoms with Crippen LogP contribution in [0.15, 0.2) is 6.07 Å². The molecule has 0 unspecified atom stereocenters. The summed E-state index contributed by atoms with van der Waals surface area (Å²) in [7, 11) is 1.55. The standard InChI is InChI=1S/C5H6ClNO2S/c1-8-3-9-5-2-4(6)10-7-5/h2H,3H2,1H3. The van der Waals surface area contributed by atoms with Crippen LogP contribution in [0.2, 0.25) is 4.34 Å². The minimum Gasteiger partial charge on any atom is -0.450 e. The Hall–Kier alpha value is -0.320. The predicted octanol–water partition coefficient (Wildman–Crippen LogP) is 1.78. The van der Waals surface area contributed by atoms with Gasteiger partial charge in [0.05, 0.1) is 0 Å². The van der Waals surface area contributed by atoms with Crippen molar-refractivity contribution < 1.29 is 9.47 Å². The Labute approximate surface area is 67.7 Å². The van der Waals surface area contributed by atoms with E-state index in [9.17, 15) is 0 Å². The lowest BCUT2D eigenvalue weighted by Gasteiger charge is -1.97. The second kappa shape index (κ2) is 3.75. The molecule has 3 nitrogen and oxygen atoms in total. The molecule has 0 spiro atoms. The maximum Gasteiger partial charge on any atom is 0.228 e. The maximum absolute atomic E-state index is 5.57. The van der Waals surface area contributed by atoms with Gasteiger partial charge in [0.1, 0.15) is 4.34 Å². The first-order valence-electron chi connectivity index (χ1n) is 2.57. The molecule has 56 valence electrons. The highest BCUT2D eigenvalue weighted by Gasteiger charge is 1.97. The van der Waals surface area contributed by atoms with E-state index in [1.54, 1.807) is 13.2 Å². The van der Waals surface area contributed by atoms with Crippen LogP contribution < -0.4 is 4.74 Å². The van der Waals surface area contributed by atoms with Crippen molar-refractivity contribution in [1.29, 1.82) is 0 Å². The molecule has 5 heteroatoms. The molecule has 0 bridgehead atoms. The molecule has 0 aromatic carbocycles. The predicted molar refractivity (Wildman–Crippen MR) is 39.6 cm³/mol. The number of nitrogens with zero attached hydrogens (tertiary/aromatic N) is 1. The molecule has 0 radical (unpaired) electrons. The highest BCUT2D eigenvalue weighted by molar-refractivity contribution is 7.10. The summed E-state index contributed by atoms with van der Waals surface area (Å²) in [5.41, 5.74) is 0. The summed E-state index contributed by atoms with van der Waals surface area (Å²) in [6.45, 7) is 0.208. The van der Waals surface area contributed by atoms with Gasteiger partial charge in [0.25, 0.3) is 0 Å². The number of halogens is 1. The van der Waals surface area contributed by atoms with E-state index < -0.39 is 0 Å². The summed E-state index contributed by atoms with van der Waals surface area (Å²) in [6.07, 6.45) is 0. The third-order valence-electron chi connectivity index (χ3n) is 0.784. The molecule has 0 N–H and O–H groups in total. The average molecular weight is 180 g/mol. The van der Waals surface area contributed by atoms with Crippen LogP contribution >= 0.6 is 23.1 Å². The van der Waals surface area contributed by atoms with Crippen molar-refractivity contribution in [2.45, 2.75) is 0 Å². The molecule has 0 fully saturated rings. The molecule has 0 saturated carbocycles. The highest BCUT2D eigenvalue weighted by atomic mass is 35.5. The van der Waals surface area contributed by atoms with E-state index >= 15 is 0 Å². The summed E-state index contributed by atoms with van der Waals surface area (Å²) in [4.78, 5) is 0. The van der Waals surface area contributed by atoms with Crippen molar-refractivity contribution in [2.24, 2.45) is 0 Å². The number of methoxy groups -OCH3 is 1. The van der Waals surface area contributed by atoms with Crippen molar-refractivity contribution in [2.75, 3.05) is 13.9 Å². The molecule has 10 heavy (non-hydrogen) atoms. The summed E-state index contributed by atoms with van der Waals surface area (Å²) in [5.74, 6) is 0.511. The molecule has 0 atom stereocenters. The first-order chi connectivity index (χ1) is 4.83. The van der Waals surface area contributed by atoms with Crippen LogP contribution in [0.3, 0.4) is 0 Å².